The van der Waals surface area contributed by atoms with Crippen molar-refractivity contribution in [3.8, 4) is 0 Å². The molecule has 1 aromatic heterocycles. The number of carbonyl (C=O) groups excluding carboxylic acids is 2. The number of nitrogens with zero attached hydrogens (tertiary/aromatic N) is 3. The van der Waals surface area contributed by atoms with Crippen LogP contribution in [0.15, 0.2) is 48.5 Å². The second-order valence-electron chi connectivity index (χ2n) is 7.28. The van der Waals surface area contributed by atoms with E-state index >= 15 is 0 Å². The highest BCUT2D eigenvalue weighted by molar-refractivity contribution is 6.33. The number of fused-ring (bicyclic) bond motifs is 1. The number of nitro groups is 1. The van der Waals surface area contributed by atoms with Crippen LogP contribution in [0.1, 0.15) is 10.5 Å². The first-order valence-corrected chi connectivity index (χ1v) is 10.1. The Morgan fingerprint density at radius 1 is 1.10 bits per heavy atom. The highest BCUT2D eigenvalue weighted by Gasteiger charge is 2.25. The van der Waals surface area contributed by atoms with Crippen molar-refractivity contribution in [2.24, 2.45) is 0 Å². The molecular weight excluding hydrogens is 422 g/mol. The summed E-state index contributed by atoms with van der Waals surface area (Å²) in [5.41, 5.74) is 1.15. The number of benzene rings is 2. The van der Waals surface area contributed by atoms with Crippen LogP contribution in [0, 0.1) is 10.1 Å². The Balaban J connectivity index is 1.35. The van der Waals surface area contributed by atoms with Crippen LogP contribution in [0.2, 0.25) is 5.02 Å². The molecule has 1 fully saturated rings. The Hall–Kier alpha value is -3.43. The van der Waals surface area contributed by atoms with Crippen molar-refractivity contribution in [3.63, 3.8) is 0 Å². The number of non-ortho nitro benzene ring substituents is 1. The molecular formula is C21H20ClN5O4. The lowest BCUT2D eigenvalue weighted by Gasteiger charge is -2.34. The molecule has 10 heteroatoms. The van der Waals surface area contributed by atoms with E-state index in [1.165, 1.54) is 6.07 Å². The topological polar surface area (TPSA) is 112 Å². The third-order valence-corrected chi connectivity index (χ3v) is 5.57. The van der Waals surface area contributed by atoms with Crippen molar-refractivity contribution in [2.75, 3.05) is 38.0 Å². The van der Waals surface area contributed by atoms with E-state index in [4.69, 9.17) is 11.6 Å². The zero-order valence-electron chi connectivity index (χ0n) is 16.5. The van der Waals surface area contributed by atoms with E-state index in [1.807, 2.05) is 4.90 Å². The molecule has 1 aliphatic heterocycles. The van der Waals surface area contributed by atoms with E-state index in [0.717, 1.165) is 0 Å². The number of anilines is 1. The van der Waals surface area contributed by atoms with Gasteiger partial charge in [0, 0.05) is 37.6 Å². The van der Waals surface area contributed by atoms with Crippen LogP contribution in [0.3, 0.4) is 0 Å². The van der Waals surface area contributed by atoms with Gasteiger partial charge < -0.3 is 15.2 Å². The number of H-pyrrole nitrogens is 1. The quantitative estimate of drug-likeness (QED) is 0.466. The van der Waals surface area contributed by atoms with Gasteiger partial charge in [-0.3, -0.25) is 24.6 Å². The third-order valence-electron chi connectivity index (χ3n) is 5.24. The molecule has 1 aliphatic rings. The molecule has 2 N–H and O–H groups in total. The molecule has 0 spiro atoms. The molecule has 0 aliphatic carbocycles. The van der Waals surface area contributed by atoms with Gasteiger partial charge in [0.1, 0.15) is 11.2 Å². The van der Waals surface area contributed by atoms with Gasteiger partial charge in [0.2, 0.25) is 5.91 Å². The molecule has 0 atom stereocenters. The van der Waals surface area contributed by atoms with Crippen LogP contribution in [0.5, 0.6) is 0 Å². The predicted octanol–water partition coefficient (Wildman–Crippen LogP) is 3.13. The monoisotopic (exact) mass is 441 g/mol. The number of carbonyl (C=O) groups is 2. The fourth-order valence-corrected chi connectivity index (χ4v) is 3.83. The summed E-state index contributed by atoms with van der Waals surface area (Å²) in [6.45, 7) is 2.20. The molecule has 3 aromatic rings. The average molecular weight is 442 g/mol. The van der Waals surface area contributed by atoms with Gasteiger partial charge in [-0.2, -0.15) is 0 Å². The Morgan fingerprint density at radius 2 is 1.84 bits per heavy atom. The van der Waals surface area contributed by atoms with E-state index in [0.29, 0.717) is 53.5 Å². The summed E-state index contributed by atoms with van der Waals surface area (Å²) in [4.78, 5) is 42.4. The van der Waals surface area contributed by atoms with Crippen LogP contribution >= 0.6 is 11.6 Å². The van der Waals surface area contributed by atoms with E-state index < -0.39 is 4.92 Å². The van der Waals surface area contributed by atoms with Crippen molar-refractivity contribution >= 4 is 45.7 Å². The largest absolute Gasteiger partial charge is 0.345 e. The van der Waals surface area contributed by atoms with Crippen molar-refractivity contribution in [1.29, 1.82) is 0 Å². The number of nitrogens with one attached hydrogen (secondary N) is 2. The van der Waals surface area contributed by atoms with E-state index in [2.05, 4.69) is 10.3 Å². The van der Waals surface area contributed by atoms with Gasteiger partial charge in [-0.05, 0) is 18.2 Å². The number of piperazine rings is 1. The summed E-state index contributed by atoms with van der Waals surface area (Å²) in [5, 5.41) is 15.1. The maximum absolute atomic E-state index is 12.9. The maximum atomic E-state index is 12.9. The van der Waals surface area contributed by atoms with E-state index in [-0.39, 0.29) is 24.0 Å². The number of halogens is 1. The van der Waals surface area contributed by atoms with Gasteiger partial charge in [0.05, 0.1) is 22.2 Å². The first-order valence-electron chi connectivity index (χ1n) is 9.74. The summed E-state index contributed by atoms with van der Waals surface area (Å²) in [6.07, 6.45) is 0. The minimum atomic E-state index is -0.473. The first-order chi connectivity index (χ1) is 14.9. The fraction of sp³-hybridized carbons (Fsp3) is 0.238. The molecule has 0 unspecified atom stereocenters. The van der Waals surface area contributed by atoms with Crippen LogP contribution in [0.25, 0.3) is 10.9 Å². The molecule has 0 bridgehead atoms. The number of para-hydroxylation sites is 2. The van der Waals surface area contributed by atoms with Gasteiger partial charge in [-0.1, -0.05) is 35.9 Å². The average Bonchev–Trinajstić information content (AvgIpc) is 3.19. The number of hydrogen-bond acceptors (Lipinski definition) is 5. The SMILES string of the molecule is O=C(CN1CCN(C(=O)c2cc3cccc([N+](=O)[O-])c3[nH]2)CC1)Nc1ccccc1Cl. The van der Waals surface area contributed by atoms with Crippen LogP contribution in [0.4, 0.5) is 11.4 Å². The van der Waals surface area contributed by atoms with Gasteiger partial charge >= 0.3 is 0 Å². The molecule has 160 valence electrons. The zero-order chi connectivity index (χ0) is 22.0. The standard InChI is InChI=1S/C21H20ClN5O4/c22-15-5-1-2-6-16(15)23-19(28)13-25-8-10-26(11-9-25)21(29)17-12-14-4-3-7-18(27(30)31)20(14)24-17/h1-7,12,24H,8-11,13H2,(H,23,28). The number of hydrogen-bond donors (Lipinski definition) is 2. The summed E-state index contributed by atoms with van der Waals surface area (Å²) in [7, 11) is 0. The minimum Gasteiger partial charge on any atom is -0.345 e. The van der Waals surface area contributed by atoms with Crippen molar-refractivity contribution < 1.29 is 14.5 Å². The lowest BCUT2D eigenvalue weighted by atomic mass is 10.2. The molecule has 4 rings (SSSR count). The summed E-state index contributed by atoms with van der Waals surface area (Å²) >= 11 is 6.07. The Kier molecular flexibility index (Phi) is 5.88. The molecule has 2 aromatic carbocycles. The normalized spacial score (nSPS) is 14.5. The molecule has 31 heavy (non-hydrogen) atoms. The van der Waals surface area contributed by atoms with Crippen LogP contribution < -0.4 is 5.32 Å². The Bertz CT molecular complexity index is 1150. The van der Waals surface area contributed by atoms with Crippen molar-refractivity contribution in [2.45, 2.75) is 0 Å². The summed E-state index contributed by atoms with van der Waals surface area (Å²) in [5.74, 6) is -0.388. The lowest BCUT2D eigenvalue weighted by Crippen LogP contribution is -2.50. The first kappa shape index (κ1) is 20.8. The minimum absolute atomic E-state index is 0.0640. The third kappa shape index (κ3) is 4.52. The van der Waals surface area contributed by atoms with Gasteiger partial charge in [-0.25, -0.2) is 0 Å². The molecule has 1 saturated heterocycles. The highest BCUT2D eigenvalue weighted by Crippen LogP contribution is 2.26. The molecule has 0 radical (unpaired) electrons. The summed E-state index contributed by atoms with van der Waals surface area (Å²) in [6, 6.07) is 13.4. The van der Waals surface area contributed by atoms with Gasteiger partial charge in [0.25, 0.3) is 11.6 Å². The van der Waals surface area contributed by atoms with E-state index in [9.17, 15) is 19.7 Å². The maximum Gasteiger partial charge on any atom is 0.293 e. The van der Waals surface area contributed by atoms with Gasteiger partial charge in [-0.15, -0.1) is 0 Å². The fourth-order valence-electron chi connectivity index (χ4n) is 3.64. The van der Waals surface area contributed by atoms with Crippen LogP contribution in [-0.4, -0.2) is 64.2 Å². The summed E-state index contributed by atoms with van der Waals surface area (Å²) < 4.78 is 0. The van der Waals surface area contributed by atoms with Crippen molar-refractivity contribution in [3.05, 3.63) is 69.4 Å². The molecule has 2 amide bonds. The van der Waals surface area contributed by atoms with Crippen LogP contribution in [-0.2, 0) is 4.79 Å². The second kappa shape index (κ2) is 8.75. The molecule has 0 saturated carbocycles. The van der Waals surface area contributed by atoms with Gasteiger partial charge in [0.15, 0.2) is 0 Å². The second-order valence-corrected chi connectivity index (χ2v) is 7.69. The van der Waals surface area contributed by atoms with Crippen molar-refractivity contribution in [1.82, 2.24) is 14.8 Å². The number of rotatable bonds is 5. The zero-order valence-corrected chi connectivity index (χ0v) is 17.3. The Morgan fingerprint density at radius 3 is 2.55 bits per heavy atom. The Labute approximate surface area is 182 Å². The number of nitro benzene ring substituents is 1. The van der Waals surface area contributed by atoms with E-state index in [1.54, 1.807) is 47.4 Å². The highest BCUT2D eigenvalue weighted by atomic mass is 35.5. The predicted molar refractivity (Wildman–Crippen MR) is 117 cm³/mol. The molecule has 9 nitrogen and oxygen atoms in total. The smallest absolute Gasteiger partial charge is 0.293 e. The molecule has 2 heterocycles. The number of amides is 2. The number of aromatic nitrogens is 1. The lowest BCUT2D eigenvalue weighted by molar-refractivity contribution is -0.383. The number of aromatic amines is 1.